The fourth-order valence-electron chi connectivity index (χ4n) is 2.33. The first-order valence-corrected chi connectivity index (χ1v) is 7.16. The molecule has 0 amide bonds. The van der Waals surface area contributed by atoms with E-state index in [0.29, 0.717) is 22.6 Å². The van der Waals surface area contributed by atoms with Gasteiger partial charge in [-0.25, -0.2) is 4.98 Å². The van der Waals surface area contributed by atoms with Crippen LogP contribution in [0.3, 0.4) is 0 Å². The van der Waals surface area contributed by atoms with Crippen molar-refractivity contribution in [1.82, 2.24) is 9.97 Å². The van der Waals surface area contributed by atoms with E-state index in [1.807, 2.05) is 38.1 Å². The zero-order chi connectivity index (χ0) is 15.7. The minimum Gasteiger partial charge on any atom is -0.490 e. The van der Waals surface area contributed by atoms with Crippen molar-refractivity contribution < 1.29 is 14.8 Å². The summed E-state index contributed by atoms with van der Waals surface area (Å²) in [7, 11) is -1.53. The summed E-state index contributed by atoms with van der Waals surface area (Å²) in [5.74, 6) is 1.29. The molecule has 3 N–H and O–H groups in total. The predicted molar refractivity (Wildman–Crippen MR) is 87.1 cm³/mol. The molecule has 0 spiro atoms. The molecule has 0 fully saturated rings. The summed E-state index contributed by atoms with van der Waals surface area (Å²) in [6.07, 6.45) is 0.00743. The van der Waals surface area contributed by atoms with Crippen LogP contribution in [0.15, 0.2) is 42.5 Å². The number of aromatic amines is 1. The van der Waals surface area contributed by atoms with E-state index < -0.39 is 7.12 Å². The molecule has 0 bridgehead atoms. The van der Waals surface area contributed by atoms with Crippen LogP contribution in [0, 0.1) is 0 Å². The van der Waals surface area contributed by atoms with Gasteiger partial charge in [-0.3, -0.25) is 0 Å². The largest absolute Gasteiger partial charge is 0.490 e. The molecule has 0 atom stereocenters. The lowest BCUT2D eigenvalue weighted by molar-refractivity contribution is 0.243. The summed E-state index contributed by atoms with van der Waals surface area (Å²) in [6, 6.07) is 12.8. The number of hydrogen-bond donors (Lipinski definition) is 3. The number of nitrogens with zero attached hydrogens (tertiary/aromatic N) is 1. The van der Waals surface area contributed by atoms with Gasteiger partial charge in [0.15, 0.2) is 0 Å². The molecule has 1 heterocycles. The van der Waals surface area contributed by atoms with Crippen molar-refractivity contribution in [3.63, 3.8) is 0 Å². The number of H-pyrrole nitrogens is 1. The molecule has 3 rings (SSSR count). The van der Waals surface area contributed by atoms with Gasteiger partial charge in [0.2, 0.25) is 0 Å². The maximum absolute atomic E-state index is 9.39. The van der Waals surface area contributed by atoms with Gasteiger partial charge in [-0.05, 0) is 43.6 Å². The molecule has 3 aromatic rings. The van der Waals surface area contributed by atoms with Gasteiger partial charge in [-0.15, -0.1) is 0 Å². The number of para-hydroxylation sites is 2. The molecule has 0 unspecified atom stereocenters. The second-order valence-electron chi connectivity index (χ2n) is 5.40. The van der Waals surface area contributed by atoms with Crippen LogP contribution in [-0.4, -0.2) is 33.2 Å². The second-order valence-corrected chi connectivity index (χ2v) is 5.40. The highest BCUT2D eigenvalue weighted by Crippen LogP contribution is 2.29. The molecule has 112 valence electrons. The summed E-state index contributed by atoms with van der Waals surface area (Å²) < 4.78 is 5.81. The van der Waals surface area contributed by atoms with Gasteiger partial charge in [0.25, 0.3) is 0 Å². The maximum atomic E-state index is 9.39. The Bertz CT molecular complexity index is 766. The van der Waals surface area contributed by atoms with Crippen LogP contribution in [0.5, 0.6) is 5.75 Å². The van der Waals surface area contributed by atoms with Gasteiger partial charge >= 0.3 is 7.12 Å². The van der Waals surface area contributed by atoms with Gasteiger partial charge in [0.1, 0.15) is 11.6 Å². The molecule has 1 aromatic heterocycles. The van der Waals surface area contributed by atoms with E-state index in [4.69, 9.17) is 4.74 Å². The smallest absolute Gasteiger partial charge is 0.488 e. The average molecular weight is 296 g/mol. The Labute approximate surface area is 128 Å². The molecular formula is C16H17BN2O3. The van der Waals surface area contributed by atoms with Gasteiger partial charge in [-0.2, -0.15) is 0 Å². The highest BCUT2D eigenvalue weighted by molar-refractivity contribution is 6.58. The van der Waals surface area contributed by atoms with Crippen molar-refractivity contribution >= 4 is 23.6 Å². The number of imidazole rings is 1. The van der Waals surface area contributed by atoms with E-state index in [1.165, 1.54) is 0 Å². The summed E-state index contributed by atoms with van der Waals surface area (Å²) in [4.78, 5) is 7.79. The molecule has 0 aliphatic carbocycles. The van der Waals surface area contributed by atoms with Gasteiger partial charge < -0.3 is 19.8 Å². The molecule has 2 aromatic carbocycles. The van der Waals surface area contributed by atoms with Crippen LogP contribution in [0.1, 0.15) is 13.8 Å². The van der Waals surface area contributed by atoms with Crippen molar-refractivity contribution in [2.45, 2.75) is 20.0 Å². The third-order valence-corrected chi connectivity index (χ3v) is 3.31. The molecule has 6 heteroatoms. The Morgan fingerprint density at radius 3 is 2.59 bits per heavy atom. The van der Waals surface area contributed by atoms with Gasteiger partial charge in [0.05, 0.1) is 22.7 Å². The van der Waals surface area contributed by atoms with E-state index in [-0.39, 0.29) is 6.10 Å². The van der Waals surface area contributed by atoms with Crippen molar-refractivity contribution in [2.75, 3.05) is 0 Å². The maximum Gasteiger partial charge on any atom is 0.488 e. The van der Waals surface area contributed by atoms with E-state index in [0.717, 1.165) is 11.0 Å². The van der Waals surface area contributed by atoms with Gasteiger partial charge in [0, 0.05) is 0 Å². The lowest BCUT2D eigenvalue weighted by Gasteiger charge is -2.14. The van der Waals surface area contributed by atoms with Crippen molar-refractivity contribution in [2.24, 2.45) is 0 Å². The fourth-order valence-corrected chi connectivity index (χ4v) is 2.33. The van der Waals surface area contributed by atoms with Crippen LogP contribution in [0.25, 0.3) is 22.4 Å². The Hall–Kier alpha value is -2.31. The highest BCUT2D eigenvalue weighted by Gasteiger charge is 2.17. The predicted octanol–water partition coefficient (Wildman–Crippen LogP) is 1.70. The molecule has 0 saturated heterocycles. The Morgan fingerprint density at radius 1 is 1.14 bits per heavy atom. The molecule has 0 radical (unpaired) electrons. The molecule has 22 heavy (non-hydrogen) atoms. The minimum atomic E-state index is -1.53. The SMILES string of the molecule is CC(C)Oc1ccc(B(O)O)cc1-c1nc2ccccc2[nH]1. The fraction of sp³-hybridized carbons (Fsp3) is 0.188. The first-order valence-electron chi connectivity index (χ1n) is 7.16. The van der Waals surface area contributed by atoms with Crippen LogP contribution in [0.4, 0.5) is 0 Å². The van der Waals surface area contributed by atoms with Crippen LogP contribution >= 0.6 is 0 Å². The van der Waals surface area contributed by atoms with E-state index in [2.05, 4.69) is 9.97 Å². The third kappa shape index (κ3) is 2.84. The number of aromatic nitrogens is 2. The highest BCUT2D eigenvalue weighted by atomic mass is 16.5. The van der Waals surface area contributed by atoms with Crippen molar-refractivity contribution in [3.8, 4) is 17.1 Å². The zero-order valence-corrected chi connectivity index (χ0v) is 12.4. The van der Waals surface area contributed by atoms with Crippen LogP contribution in [-0.2, 0) is 0 Å². The lowest BCUT2D eigenvalue weighted by atomic mass is 9.79. The quantitative estimate of drug-likeness (QED) is 0.640. The standard InChI is InChI=1S/C16H17BN2O3/c1-10(2)22-15-8-7-11(17(20)21)9-12(15)16-18-13-5-3-4-6-14(13)19-16/h3-10,20-21H,1-2H3,(H,18,19). The second kappa shape index (κ2) is 5.83. The number of nitrogens with one attached hydrogen (secondary N) is 1. The van der Waals surface area contributed by atoms with E-state index in [9.17, 15) is 10.0 Å². The number of rotatable bonds is 4. The molecule has 0 aliphatic heterocycles. The van der Waals surface area contributed by atoms with Crippen molar-refractivity contribution in [3.05, 3.63) is 42.5 Å². The Kier molecular flexibility index (Phi) is 3.87. The first-order chi connectivity index (χ1) is 10.5. The summed E-state index contributed by atoms with van der Waals surface area (Å²) in [5, 5.41) is 18.8. The molecule has 5 nitrogen and oxygen atoms in total. The normalized spacial score (nSPS) is 11.1. The van der Waals surface area contributed by atoms with Crippen LogP contribution in [0.2, 0.25) is 0 Å². The number of ether oxygens (including phenoxy) is 1. The Morgan fingerprint density at radius 2 is 1.91 bits per heavy atom. The summed E-state index contributed by atoms with van der Waals surface area (Å²) in [6.45, 7) is 3.88. The van der Waals surface area contributed by atoms with Crippen molar-refractivity contribution in [1.29, 1.82) is 0 Å². The third-order valence-electron chi connectivity index (χ3n) is 3.31. The minimum absolute atomic E-state index is 0.00743. The van der Waals surface area contributed by atoms with Crippen LogP contribution < -0.4 is 10.2 Å². The van der Waals surface area contributed by atoms with Gasteiger partial charge in [-0.1, -0.05) is 18.2 Å². The molecule has 0 aliphatic rings. The monoisotopic (exact) mass is 296 g/mol. The average Bonchev–Trinajstić information content (AvgIpc) is 2.90. The lowest BCUT2D eigenvalue weighted by Crippen LogP contribution is -2.29. The van der Waals surface area contributed by atoms with E-state index in [1.54, 1.807) is 18.2 Å². The topological polar surface area (TPSA) is 78.4 Å². The summed E-state index contributed by atoms with van der Waals surface area (Å²) >= 11 is 0. The zero-order valence-electron chi connectivity index (χ0n) is 12.4. The number of hydrogen-bond acceptors (Lipinski definition) is 4. The Balaban J connectivity index is 2.14. The number of fused-ring (bicyclic) bond motifs is 1. The molecular weight excluding hydrogens is 279 g/mol. The number of benzene rings is 2. The molecule has 0 saturated carbocycles. The first kappa shape index (κ1) is 14.6. The summed E-state index contributed by atoms with van der Waals surface area (Å²) in [5.41, 5.74) is 2.87. The van der Waals surface area contributed by atoms with E-state index >= 15 is 0 Å².